The van der Waals surface area contributed by atoms with E-state index in [0.29, 0.717) is 12.2 Å². The van der Waals surface area contributed by atoms with Crippen molar-refractivity contribution in [2.45, 2.75) is 57.0 Å². The molecule has 7 nitrogen and oxygen atoms in total. The van der Waals surface area contributed by atoms with Gasteiger partial charge in [0.2, 0.25) is 5.91 Å². The van der Waals surface area contributed by atoms with Crippen molar-refractivity contribution in [2.75, 3.05) is 12.4 Å². The molecule has 35 heavy (non-hydrogen) atoms. The third-order valence-electron chi connectivity index (χ3n) is 6.68. The van der Waals surface area contributed by atoms with Crippen LogP contribution in [0.4, 0.5) is 4.79 Å². The molecule has 186 valence electrons. The van der Waals surface area contributed by atoms with E-state index in [0.717, 1.165) is 11.1 Å². The van der Waals surface area contributed by atoms with Crippen LogP contribution in [0.1, 0.15) is 50.7 Å². The minimum absolute atomic E-state index is 0.0152. The van der Waals surface area contributed by atoms with Crippen LogP contribution in [-0.2, 0) is 14.3 Å². The highest BCUT2D eigenvalue weighted by Crippen LogP contribution is 2.44. The van der Waals surface area contributed by atoms with Gasteiger partial charge >= 0.3 is 12.1 Å². The highest BCUT2D eigenvalue weighted by atomic mass is 32.2. The maximum absolute atomic E-state index is 12.9. The molecule has 2 amide bonds. The van der Waals surface area contributed by atoms with E-state index in [9.17, 15) is 19.5 Å². The summed E-state index contributed by atoms with van der Waals surface area (Å²) in [5.41, 5.74) is 4.64. The van der Waals surface area contributed by atoms with Gasteiger partial charge in [-0.2, -0.15) is 0 Å². The number of rotatable bonds is 8. The summed E-state index contributed by atoms with van der Waals surface area (Å²) >= 11 is 1.51. The van der Waals surface area contributed by atoms with Gasteiger partial charge in [0.1, 0.15) is 12.6 Å². The molecule has 0 saturated carbocycles. The van der Waals surface area contributed by atoms with Gasteiger partial charge in [0.25, 0.3) is 0 Å². The monoisotopic (exact) mass is 496 g/mol. The first kappa shape index (κ1) is 25.1. The molecular formula is C27H32N2O5S. The van der Waals surface area contributed by atoms with Crippen molar-refractivity contribution in [1.82, 2.24) is 10.2 Å². The number of carbonyl (C=O) groups excluding carboxylic acids is 2. The Kier molecular flexibility index (Phi) is 7.69. The maximum atomic E-state index is 12.9. The Labute approximate surface area is 210 Å². The molecular weight excluding hydrogens is 464 g/mol. The molecule has 2 aromatic carbocycles. The minimum atomic E-state index is -0.973. The maximum Gasteiger partial charge on any atom is 0.407 e. The molecule has 2 N–H and O–H groups in total. The lowest BCUT2D eigenvalue weighted by molar-refractivity contribution is -0.149. The number of alkyl carbamates (subject to hydrolysis) is 1. The normalized spacial score (nSPS) is 19.8. The first-order valence-electron chi connectivity index (χ1n) is 12.0. The van der Waals surface area contributed by atoms with Gasteiger partial charge in [0, 0.05) is 24.1 Å². The van der Waals surface area contributed by atoms with Crippen LogP contribution in [0.5, 0.6) is 0 Å². The van der Waals surface area contributed by atoms with Crippen LogP contribution in [0.2, 0.25) is 0 Å². The molecule has 1 aliphatic heterocycles. The number of nitrogens with one attached hydrogen (secondary N) is 1. The fraction of sp³-hybridized carbons (Fsp3) is 0.444. The van der Waals surface area contributed by atoms with Gasteiger partial charge in [-0.25, -0.2) is 9.59 Å². The molecule has 2 aliphatic rings. The number of hydrogen-bond donors (Lipinski definition) is 2. The number of thioether (sulfide) groups is 1. The van der Waals surface area contributed by atoms with Gasteiger partial charge < -0.3 is 20.1 Å². The van der Waals surface area contributed by atoms with E-state index in [1.54, 1.807) is 0 Å². The van der Waals surface area contributed by atoms with E-state index in [2.05, 4.69) is 29.6 Å². The number of benzene rings is 2. The summed E-state index contributed by atoms with van der Waals surface area (Å²) in [6.45, 7) is 6.03. The Hall–Kier alpha value is -3.00. The van der Waals surface area contributed by atoms with Crippen LogP contribution in [0.3, 0.4) is 0 Å². The number of fused-ring (bicyclic) bond motifs is 3. The van der Waals surface area contributed by atoms with Crippen LogP contribution in [0.25, 0.3) is 11.1 Å². The second kappa shape index (κ2) is 10.7. The number of carbonyl (C=O) groups is 3. The number of hydrogen-bond acceptors (Lipinski definition) is 5. The summed E-state index contributed by atoms with van der Waals surface area (Å²) in [5.74, 6) is -0.623. The van der Waals surface area contributed by atoms with Gasteiger partial charge in [0.05, 0.1) is 5.37 Å². The van der Waals surface area contributed by atoms with E-state index < -0.39 is 18.1 Å². The van der Waals surface area contributed by atoms with Crippen LogP contribution < -0.4 is 5.32 Å². The molecule has 3 atom stereocenters. The molecule has 1 aliphatic carbocycles. The number of carboxylic acids is 1. The Bertz CT molecular complexity index is 1060. The average molecular weight is 497 g/mol. The zero-order chi connectivity index (χ0) is 25.1. The predicted molar refractivity (Wildman–Crippen MR) is 136 cm³/mol. The van der Waals surface area contributed by atoms with Gasteiger partial charge in [-0.3, -0.25) is 4.79 Å². The molecule has 3 unspecified atom stereocenters. The van der Waals surface area contributed by atoms with Gasteiger partial charge in [-0.15, -0.1) is 11.8 Å². The number of amides is 2. The Balaban J connectivity index is 1.29. The number of carboxylic acid groups (broad SMARTS) is 1. The standard InChI is InChI=1S/C27H32N2O5S/c1-16(2)25-29(23(15-35-25)26(31)32)24(30)13-12-17(3)28-27(33)34-14-22-20-10-6-4-8-18(20)19-9-5-7-11-21(19)22/h4-11,16-17,22-23,25H,12-15H2,1-3H3,(H,28,33)(H,31,32). The molecule has 1 fully saturated rings. The van der Waals surface area contributed by atoms with Crippen molar-refractivity contribution in [3.8, 4) is 11.1 Å². The van der Waals surface area contributed by atoms with E-state index in [4.69, 9.17) is 4.74 Å². The number of aliphatic carboxylic acids is 1. The molecule has 1 heterocycles. The van der Waals surface area contributed by atoms with Crippen molar-refractivity contribution in [3.63, 3.8) is 0 Å². The summed E-state index contributed by atoms with van der Waals surface area (Å²) in [6.07, 6.45) is 0.0479. The molecule has 2 aromatic rings. The van der Waals surface area contributed by atoms with E-state index in [-0.39, 0.29) is 42.2 Å². The van der Waals surface area contributed by atoms with E-state index in [1.807, 2.05) is 45.0 Å². The number of ether oxygens (including phenoxy) is 1. The fourth-order valence-corrected chi connectivity index (χ4v) is 6.42. The second-order valence-electron chi connectivity index (χ2n) is 9.53. The highest BCUT2D eigenvalue weighted by molar-refractivity contribution is 8.00. The van der Waals surface area contributed by atoms with Crippen molar-refractivity contribution in [2.24, 2.45) is 5.92 Å². The lowest BCUT2D eigenvalue weighted by Gasteiger charge is -2.30. The summed E-state index contributed by atoms with van der Waals surface area (Å²) in [5, 5.41) is 12.2. The molecule has 0 bridgehead atoms. The summed E-state index contributed by atoms with van der Waals surface area (Å²) in [6, 6.07) is 15.2. The third-order valence-corrected chi connectivity index (χ3v) is 8.30. The highest BCUT2D eigenvalue weighted by Gasteiger charge is 2.42. The quantitative estimate of drug-likeness (QED) is 0.550. The van der Waals surface area contributed by atoms with Crippen LogP contribution in [-0.4, -0.2) is 57.8 Å². The molecule has 4 rings (SSSR count). The molecule has 0 aromatic heterocycles. The third kappa shape index (κ3) is 5.32. The van der Waals surface area contributed by atoms with Crippen LogP contribution >= 0.6 is 11.8 Å². The zero-order valence-electron chi connectivity index (χ0n) is 20.3. The topological polar surface area (TPSA) is 95.9 Å². The molecule has 0 spiro atoms. The second-order valence-corrected chi connectivity index (χ2v) is 10.7. The molecule has 8 heteroatoms. The Morgan fingerprint density at radius 3 is 2.23 bits per heavy atom. The van der Waals surface area contributed by atoms with Crippen molar-refractivity contribution >= 4 is 29.7 Å². The summed E-state index contributed by atoms with van der Waals surface area (Å²) in [4.78, 5) is 38.5. The molecule has 1 saturated heterocycles. The molecule has 0 radical (unpaired) electrons. The van der Waals surface area contributed by atoms with Crippen molar-refractivity contribution in [3.05, 3.63) is 59.7 Å². The van der Waals surface area contributed by atoms with Gasteiger partial charge in [-0.05, 0) is 41.5 Å². The zero-order valence-corrected chi connectivity index (χ0v) is 21.1. The number of nitrogens with zero attached hydrogens (tertiary/aromatic N) is 1. The van der Waals surface area contributed by atoms with Crippen molar-refractivity contribution < 1.29 is 24.2 Å². The fourth-order valence-electron chi connectivity index (χ4n) is 4.93. The van der Waals surface area contributed by atoms with Gasteiger partial charge in [-0.1, -0.05) is 62.4 Å². The first-order valence-corrected chi connectivity index (χ1v) is 13.1. The first-order chi connectivity index (χ1) is 16.8. The largest absolute Gasteiger partial charge is 0.480 e. The lowest BCUT2D eigenvalue weighted by atomic mass is 9.98. The van der Waals surface area contributed by atoms with E-state index >= 15 is 0 Å². The Morgan fingerprint density at radius 1 is 1.06 bits per heavy atom. The SMILES string of the molecule is CC(CCC(=O)N1C(C(=O)O)CSC1C(C)C)NC(=O)OCC1c2ccccc2-c2ccccc21. The van der Waals surface area contributed by atoms with Crippen molar-refractivity contribution in [1.29, 1.82) is 0 Å². The van der Waals surface area contributed by atoms with Crippen LogP contribution in [0.15, 0.2) is 48.5 Å². The summed E-state index contributed by atoms with van der Waals surface area (Å²) in [7, 11) is 0. The van der Waals surface area contributed by atoms with E-state index in [1.165, 1.54) is 27.8 Å². The Morgan fingerprint density at radius 2 is 1.66 bits per heavy atom. The van der Waals surface area contributed by atoms with Gasteiger partial charge in [0.15, 0.2) is 0 Å². The summed E-state index contributed by atoms with van der Waals surface area (Å²) < 4.78 is 5.59. The lowest BCUT2D eigenvalue weighted by Crippen LogP contribution is -2.47. The predicted octanol–water partition coefficient (Wildman–Crippen LogP) is 4.70. The van der Waals surface area contributed by atoms with Crippen LogP contribution in [0, 0.1) is 5.92 Å². The minimum Gasteiger partial charge on any atom is -0.480 e. The average Bonchev–Trinajstić information content (AvgIpc) is 3.42. The smallest absolute Gasteiger partial charge is 0.407 e.